The Hall–Kier alpha value is -3.74. The van der Waals surface area contributed by atoms with Crippen LogP contribution >= 0.6 is 0 Å². The summed E-state index contributed by atoms with van der Waals surface area (Å²) in [5.74, 6) is -3.71. The van der Waals surface area contributed by atoms with Crippen molar-refractivity contribution >= 4 is 41.7 Å². The van der Waals surface area contributed by atoms with Crippen LogP contribution in [0.2, 0.25) is 0 Å². The number of ether oxygens (including phenoxy) is 1. The van der Waals surface area contributed by atoms with Gasteiger partial charge in [-0.3, -0.25) is 44.0 Å². The molecular formula is C64H122MnN10O12. The van der Waals surface area contributed by atoms with Gasteiger partial charge in [-0.15, -0.1) is 0 Å². The Kier molecular flexibility index (Phi) is 40.8. The molecule has 15 atom stereocenters. The maximum absolute atomic E-state index is 14.5. The van der Waals surface area contributed by atoms with Crippen LogP contribution in [0, 0.1) is 47.8 Å². The van der Waals surface area contributed by atoms with E-state index in [1.54, 1.807) is 65.6 Å². The van der Waals surface area contributed by atoms with Crippen molar-refractivity contribution in [2.24, 2.45) is 41.4 Å². The molecule has 23 heteroatoms. The molecule has 0 fully saturated rings. The number of hydrogen-bond donors (Lipinski definition) is 7. The SMILES string of the molecule is C/C=C/C[C@@H](C)[C@@H](O)[C@@H]([C-]=O)N(C)C(=O)[C@H](C(C)C)N(C)C(O)[C@H](CC(C)C)N(C)C(O)[C@H](CC(C)C)N(C)COC[C@@H](C)NC(=O)[C@H](C)NC(=O)[C@H](CC(C)C)N(C)C(=O)[C@@H](NC(O)[C@H](C(C)C)N(CC)C(=O)[C@@H](C)N(C)C(=O)[CH-]CC)C(C)C.[Mn+2]. The van der Waals surface area contributed by atoms with E-state index < -0.39 is 109 Å². The van der Waals surface area contributed by atoms with Crippen LogP contribution in [0.25, 0.3) is 0 Å². The van der Waals surface area contributed by atoms with Gasteiger partial charge < -0.3 is 71.4 Å². The second kappa shape index (κ2) is 41.6. The first kappa shape index (κ1) is 85.3. The standard InChI is InChI=1S/C64H122N10O12.Mn/c1-26-29-31-44(16)56(77)51(35-75)72(24)64(85)55(43(14)15)73(25)62(83)50(34-40(8)9)71(23)61(82)49(33-39(6)7)68(20)37-86-36-45(17)65-57(78)46(18)66-58(79)48(32-38(4)5)70(22)63(84)53(41(10)11)67-59(80)54(42(12)13)74(28-3)60(81)47(19)69(21)52(76)30-27-2;/h26,29-30,38-51,53-56,59,61-62,67,77,80,82-83H,27-28,31-34,36-37H2,1-25H3,(H,65,78)(H,66,79);/q-2;+2/b29-26+;/t44-,45-,46+,47-,48+,49+,50+,51-,53+,54+,55+,56-,59?,61?,62?;/m1./s1. The zero-order valence-corrected chi connectivity index (χ0v) is 59.3. The smallest absolute Gasteiger partial charge is 0.540 e. The second-order valence-corrected chi connectivity index (χ2v) is 26.4. The molecule has 3 unspecified atom stereocenters. The third-order valence-electron chi connectivity index (χ3n) is 16.5. The van der Waals surface area contributed by atoms with Gasteiger partial charge in [0, 0.05) is 33.7 Å². The summed E-state index contributed by atoms with van der Waals surface area (Å²) in [5.41, 5.74) is 0. The first-order valence-electron chi connectivity index (χ1n) is 31.6. The first-order valence-corrected chi connectivity index (χ1v) is 31.6. The summed E-state index contributed by atoms with van der Waals surface area (Å²) in [6.07, 6.45) is 4.49. The summed E-state index contributed by atoms with van der Waals surface area (Å²) in [6, 6.07) is -8.42. The van der Waals surface area contributed by atoms with Gasteiger partial charge in [0.1, 0.15) is 36.8 Å². The molecule has 0 aliphatic heterocycles. The monoisotopic (exact) mass is 1280 g/mol. The van der Waals surface area contributed by atoms with Crippen molar-refractivity contribution < 1.29 is 75.8 Å². The van der Waals surface area contributed by atoms with Crippen LogP contribution in [0.3, 0.4) is 0 Å². The molecule has 507 valence electrons. The molecule has 0 saturated heterocycles. The number of nitrogens with zero attached hydrogens (tertiary/aromatic N) is 7. The normalized spacial score (nSPS) is 17.4. The molecule has 0 saturated carbocycles. The molecule has 0 aliphatic carbocycles. The van der Waals surface area contributed by atoms with E-state index in [0.717, 1.165) is 0 Å². The fraction of sp³-hybridized carbons (Fsp3) is 0.844. The van der Waals surface area contributed by atoms with Crippen LogP contribution in [-0.4, -0.2) is 244 Å². The number of hydrogen-bond acceptors (Lipinski definition) is 16. The summed E-state index contributed by atoms with van der Waals surface area (Å²) in [4.78, 5) is 106. The van der Waals surface area contributed by atoms with Gasteiger partial charge in [0.05, 0.1) is 55.6 Å². The number of carbonyl (C=O) groups is 6. The molecule has 0 bridgehead atoms. The number of aliphatic hydroxyl groups excluding tert-OH is 4. The van der Waals surface area contributed by atoms with Crippen molar-refractivity contribution in [2.45, 2.75) is 249 Å². The minimum absolute atomic E-state index is 0. The molecule has 1 radical (unpaired) electrons. The van der Waals surface area contributed by atoms with Crippen LogP contribution in [0.4, 0.5) is 0 Å². The van der Waals surface area contributed by atoms with Gasteiger partial charge in [-0.25, -0.2) is 6.29 Å². The van der Waals surface area contributed by atoms with E-state index in [0.29, 0.717) is 25.7 Å². The van der Waals surface area contributed by atoms with E-state index >= 15 is 0 Å². The number of carbonyl (C=O) groups excluding carboxylic acids is 7. The van der Waals surface area contributed by atoms with Crippen molar-refractivity contribution in [3.63, 3.8) is 0 Å². The molecule has 7 N–H and O–H groups in total. The molecule has 0 aromatic heterocycles. The molecule has 0 aromatic rings. The van der Waals surface area contributed by atoms with E-state index in [2.05, 4.69) is 16.0 Å². The second-order valence-electron chi connectivity index (χ2n) is 26.4. The van der Waals surface area contributed by atoms with Crippen LogP contribution < -0.4 is 16.0 Å². The third kappa shape index (κ3) is 26.6. The van der Waals surface area contributed by atoms with Crippen LogP contribution in [0.1, 0.15) is 164 Å². The largest absolute Gasteiger partial charge is 2.00 e. The van der Waals surface area contributed by atoms with Gasteiger partial charge in [0.2, 0.25) is 29.5 Å². The quantitative estimate of drug-likeness (QED) is 0.0195. The Balaban J connectivity index is 0. The van der Waals surface area contributed by atoms with Crippen LogP contribution in [0.15, 0.2) is 12.2 Å². The van der Waals surface area contributed by atoms with E-state index in [1.165, 1.54) is 40.1 Å². The molecule has 0 spiro atoms. The number of rotatable bonds is 42. The van der Waals surface area contributed by atoms with Gasteiger partial charge in [-0.2, -0.15) is 6.42 Å². The van der Waals surface area contributed by atoms with Crippen LogP contribution in [-0.2, 0) is 55.4 Å². The van der Waals surface area contributed by atoms with Gasteiger partial charge in [0.15, 0.2) is 0 Å². The number of aliphatic hydroxyl groups is 4. The maximum Gasteiger partial charge on any atom is 2.00 e. The Bertz CT molecular complexity index is 2070. The average Bonchev–Trinajstić information content (AvgIpc) is 3.43. The topological polar surface area (TPSA) is 268 Å². The van der Waals surface area contributed by atoms with Crippen molar-refractivity contribution in [1.29, 1.82) is 0 Å². The van der Waals surface area contributed by atoms with E-state index in [1.807, 2.05) is 127 Å². The third-order valence-corrected chi connectivity index (χ3v) is 16.5. The molecule has 0 aromatic carbocycles. The number of nitrogens with one attached hydrogen (secondary N) is 3. The fourth-order valence-corrected chi connectivity index (χ4v) is 11.0. The molecule has 22 nitrogen and oxygen atoms in total. The summed E-state index contributed by atoms with van der Waals surface area (Å²) < 4.78 is 6.16. The molecule has 6 amide bonds. The van der Waals surface area contributed by atoms with Gasteiger partial charge >= 0.3 is 17.1 Å². The molecule has 0 heterocycles. The van der Waals surface area contributed by atoms with E-state index in [9.17, 15) is 54.0 Å². The Morgan fingerprint density at radius 2 is 1.16 bits per heavy atom. The molecular weight excluding hydrogens is 1160 g/mol. The predicted molar refractivity (Wildman–Crippen MR) is 340 cm³/mol. The molecule has 87 heavy (non-hydrogen) atoms. The van der Waals surface area contributed by atoms with E-state index in [4.69, 9.17) is 4.74 Å². The predicted octanol–water partition coefficient (Wildman–Crippen LogP) is 4.29. The average molecular weight is 1280 g/mol. The fourth-order valence-electron chi connectivity index (χ4n) is 11.0. The number of allylic oxidation sites excluding steroid dienone is 2. The minimum Gasteiger partial charge on any atom is -0.540 e. The van der Waals surface area contributed by atoms with Crippen molar-refractivity contribution in [1.82, 2.24) is 50.2 Å². The summed E-state index contributed by atoms with van der Waals surface area (Å²) in [5, 5.41) is 56.3. The van der Waals surface area contributed by atoms with Gasteiger partial charge in [0.25, 0.3) is 0 Å². The van der Waals surface area contributed by atoms with Crippen LogP contribution in [0.5, 0.6) is 0 Å². The summed E-state index contributed by atoms with van der Waals surface area (Å²) in [7, 11) is 9.78. The maximum atomic E-state index is 14.5. The summed E-state index contributed by atoms with van der Waals surface area (Å²) in [6.45, 7) is 35.6. The number of amides is 6. The van der Waals surface area contributed by atoms with E-state index in [-0.39, 0.29) is 96.6 Å². The van der Waals surface area contributed by atoms with Gasteiger partial charge in [-0.05, 0) is 129 Å². The zero-order chi connectivity index (χ0) is 66.9. The first-order chi connectivity index (χ1) is 39.8. The van der Waals surface area contributed by atoms with Gasteiger partial charge in [-0.1, -0.05) is 109 Å². The molecule has 0 aliphatic rings. The number of likely N-dealkylation sites (N-methyl/N-ethyl adjacent to an activating group) is 7. The van der Waals surface area contributed by atoms with Crippen molar-refractivity contribution in [2.75, 3.05) is 62.2 Å². The van der Waals surface area contributed by atoms with Crippen molar-refractivity contribution in [3.8, 4) is 0 Å². The summed E-state index contributed by atoms with van der Waals surface area (Å²) >= 11 is 0. The minimum atomic E-state index is -1.37. The zero-order valence-electron chi connectivity index (χ0n) is 58.1. The molecule has 0 rings (SSSR count). The van der Waals surface area contributed by atoms with Crippen molar-refractivity contribution in [3.05, 3.63) is 18.6 Å². The Morgan fingerprint density at radius 1 is 0.632 bits per heavy atom. The Morgan fingerprint density at radius 3 is 1.62 bits per heavy atom. The Labute approximate surface area is 536 Å².